The Morgan fingerprint density at radius 1 is 0.872 bits per heavy atom. The molecule has 1 aliphatic heterocycles. The van der Waals surface area contributed by atoms with Crippen molar-refractivity contribution in [1.29, 1.82) is 0 Å². The van der Waals surface area contributed by atoms with E-state index in [-0.39, 0.29) is 12.5 Å². The number of carbonyl (C=O) groups is 1. The number of rotatable bonds is 6. The summed E-state index contributed by atoms with van der Waals surface area (Å²) in [6.45, 7) is 0.628. The van der Waals surface area contributed by atoms with Crippen LogP contribution in [-0.2, 0) is 6.42 Å². The molecule has 4 aromatic carbocycles. The Bertz CT molecular complexity index is 1750. The van der Waals surface area contributed by atoms with E-state index in [1.165, 1.54) is 6.07 Å². The lowest BCUT2D eigenvalue weighted by molar-refractivity contribution is 0.0592. The van der Waals surface area contributed by atoms with Gasteiger partial charge in [-0.25, -0.2) is 4.79 Å². The molecule has 0 saturated carbocycles. The minimum Gasteiger partial charge on any atom is -0.493 e. The van der Waals surface area contributed by atoms with Crippen molar-refractivity contribution in [1.82, 2.24) is 4.90 Å². The van der Waals surface area contributed by atoms with Gasteiger partial charge in [0, 0.05) is 12.1 Å². The van der Waals surface area contributed by atoms with Gasteiger partial charge in [-0.2, -0.15) is 0 Å². The Labute approximate surface area is 225 Å². The number of fused-ring (bicyclic) bond motifs is 3. The van der Waals surface area contributed by atoms with E-state index in [1.807, 2.05) is 71.6 Å². The molecule has 1 aromatic heterocycles. The molecule has 39 heavy (non-hydrogen) atoms. The average molecular weight is 522 g/mol. The maximum absolute atomic E-state index is 14.1. The summed E-state index contributed by atoms with van der Waals surface area (Å²) in [5.41, 5.74) is 2.55. The molecule has 196 valence electrons. The zero-order chi connectivity index (χ0) is 26.9. The van der Waals surface area contributed by atoms with Crippen LogP contribution in [0, 0.1) is 0 Å². The van der Waals surface area contributed by atoms with E-state index < -0.39 is 11.7 Å². The zero-order valence-electron chi connectivity index (χ0n) is 21.7. The largest absolute Gasteiger partial charge is 0.493 e. The summed E-state index contributed by atoms with van der Waals surface area (Å²) in [6, 6.07) is 25.7. The number of amides is 1. The van der Waals surface area contributed by atoms with E-state index in [4.69, 9.17) is 18.6 Å². The van der Waals surface area contributed by atoms with E-state index in [0.29, 0.717) is 46.7 Å². The topological polar surface area (TPSA) is 78.2 Å². The lowest BCUT2D eigenvalue weighted by Crippen LogP contribution is -2.42. The van der Waals surface area contributed by atoms with Gasteiger partial charge in [-0.05, 0) is 58.7 Å². The first-order chi connectivity index (χ1) is 19.1. The number of methoxy groups -OCH3 is 2. The zero-order valence-corrected chi connectivity index (χ0v) is 21.7. The highest BCUT2D eigenvalue weighted by Crippen LogP contribution is 2.39. The highest BCUT2D eigenvalue weighted by Gasteiger charge is 2.34. The molecule has 0 bridgehead atoms. The van der Waals surface area contributed by atoms with Crippen LogP contribution >= 0.6 is 0 Å². The highest BCUT2D eigenvalue weighted by molar-refractivity contribution is 6.07. The minimum absolute atomic E-state index is 0.0849. The molecule has 1 aliphatic rings. The van der Waals surface area contributed by atoms with Crippen LogP contribution in [0.2, 0.25) is 0 Å². The van der Waals surface area contributed by atoms with Gasteiger partial charge in [-0.3, -0.25) is 4.79 Å². The summed E-state index contributed by atoms with van der Waals surface area (Å²) >= 11 is 0. The van der Waals surface area contributed by atoms with Gasteiger partial charge in [-0.1, -0.05) is 48.5 Å². The molecule has 0 N–H and O–H groups in total. The van der Waals surface area contributed by atoms with Crippen LogP contribution in [0.1, 0.15) is 27.5 Å². The van der Waals surface area contributed by atoms with Crippen molar-refractivity contribution in [2.45, 2.75) is 12.5 Å². The molecule has 0 fully saturated rings. The van der Waals surface area contributed by atoms with E-state index in [9.17, 15) is 9.59 Å². The van der Waals surface area contributed by atoms with Crippen molar-refractivity contribution in [3.63, 3.8) is 0 Å². The standard InChI is InChI=1S/C32H27NO6/c1-36-29-16-21-14-15-33(32(35)23-12-7-9-20-8-3-4-10-22(20)23)26(25(21)17-30(29)37-2)19-38-28-18-31(34)39-27-13-6-5-11-24(27)28/h3-13,16-18,26H,14-15,19H2,1-2H3. The maximum atomic E-state index is 14.1. The third kappa shape index (κ3) is 4.46. The molecule has 1 unspecified atom stereocenters. The van der Waals surface area contributed by atoms with Gasteiger partial charge < -0.3 is 23.5 Å². The average Bonchev–Trinajstić information content (AvgIpc) is 2.98. The van der Waals surface area contributed by atoms with Crippen molar-refractivity contribution in [3.05, 3.63) is 112 Å². The molecule has 2 heterocycles. The second kappa shape index (κ2) is 10.2. The lowest BCUT2D eigenvalue weighted by Gasteiger charge is -2.38. The molecular weight excluding hydrogens is 494 g/mol. The van der Waals surface area contributed by atoms with Gasteiger partial charge in [-0.15, -0.1) is 0 Å². The lowest BCUT2D eigenvalue weighted by atomic mass is 9.91. The number of nitrogens with zero attached hydrogens (tertiary/aromatic N) is 1. The predicted octanol–water partition coefficient (Wildman–Crippen LogP) is 5.78. The molecule has 5 aromatic rings. The fourth-order valence-electron chi connectivity index (χ4n) is 5.39. The fraction of sp³-hybridized carbons (Fsp3) is 0.188. The number of hydrogen-bond donors (Lipinski definition) is 0. The summed E-state index contributed by atoms with van der Waals surface area (Å²) < 4.78 is 22.8. The molecule has 0 saturated heterocycles. The van der Waals surface area contributed by atoms with Gasteiger partial charge in [0.25, 0.3) is 5.91 Å². The van der Waals surface area contributed by atoms with Gasteiger partial charge in [0.1, 0.15) is 17.9 Å². The van der Waals surface area contributed by atoms with Gasteiger partial charge in [0.05, 0.1) is 31.7 Å². The van der Waals surface area contributed by atoms with Crippen LogP contribution in [0.3, 0.4) is 0 Å². The molecular formula is C32H27NO6. The summed E-state index contributed by atoms with van der Waals surface area (Å²) in [5, 5.41) is 2.59. The molecule has 7 heteroatoms. The minimum atomic E-state index is -0.497. The Balaban J connectivity index is 1.43. The summed E-state index contributed by atoms with van der Waals surface area (Å²) in [7, 11) is 3.20. The number of hydrogen-bond acceptors (Lipinski definition) is 6. The van der Waals surface area contributed by atoms with Crippen LogP contribution < -0.4 is 19.8 Å². The third-order valence-electron chi connectivity index (χ3n) is 7.29. The van der Waals surface area contributed by atoms with E-state index >= 15 is 0 Å². The Morgan fingerprint density at radius 3 is 2.41 bits per heavy atom. The van der Waals surface area contributed by atoms with E-state index in [1.54, 1.807) is 26.4 Å². The van der Waals surface area contributed by atoms with Gasteiger partial charge in [0.2, 0.25) is 0 Å². The number of carbonyl (C=O) groups excluding carboxylic acids is 1. The second-order valence-electron chi connectivity index (χ2n) is 9.43. The molecule has 7 nitrogen and oxygen atoms in total. The van der Waals surface area contributed by atoms with Crippen LogP contribution in [0.5, 0.6) is 17.2 Å². The maximum Gasteiger partial charge on any atom is 0.339 e. The van der Waals surface area contributed by atoms with E-state index in [0.717, 1.165) is 21.9 Å². The van der Waals surface area contributed by atoms with Crippen molar-refractivity contribution in [3.8, 4) is 17.2 Å². The fourth-order valence-corrected chi connectivity index (χ4v) is 5.39. The first-order valence-corrected chi connectivity index (χ1v) is 12.8. The Hall–Kier alpha value is -4.78. The van der Waals surface area contributed by atoms with Crippen molar-refractivity contribution in [2.24, 2.45) is 0 Å². The highest BCUT2D eigenvalue weighted by atomic mass is 16.5. The quantitative estimate of drug-likeness (QED) is 0.264. The van der Waals surface area contributed by atoms with Gasteiger partial charge >= 0.3 is 5.63 Å². The van der Waals surface area contributed by atoms with Crippen LogP contribution in [0.25, 0.3) is 21.7 Å². The molecule has 6 rings (SSSR count). The molecule has 0 aliphatic carbocycles. The van der Waals surface area contributed by atoms with Crippen molar-refractivity contribution < 1.29 is 23.4 Å². The molecule has 1 amide bonds. The number of benzene rings is 4. The van der Waals surface area contributed by atoms with Crippen LogP contribution in [0.15, 0.2) is 94.1 Å². The SMILES string of the molecule is COc1cc2c(cc1OC)C(COc1cc(=O)oc3ccccc13)N(C(=O)c1cccc3ccccc13)CC2. The van der Waals surface area contributed by atoms with Crippen molar-refractivity contribution >= 4 is 27.6 Å². The predicted molar refractivity (Wildman–Crippen MR) is 149 cm³/mol. The summed E-state index contributed by atoms with van der Waals surface area (Å²) in [5.74, 6) is 1.54. The second-order valence-corrected chi connectivity index (χ2v) is 9.43. The first kappa shape index (κ1) is 24.6. The molecule has 0 spiro atoms. The Kier molecular flexibility index (Phi) is 6.40. The molecule has 0 radical (unpaired) electrons. The summed E-state index contributed by atoms with van der Waals surface area (Å²) in [4.78, 5) is 28.2. The molecule has 1 atom stereocenters. The van der Waals surface area contributed by atoms with Crippen molar-refractivity contribution in [2.75, 3.05) is 27.4 Å². The normalized spacial score (nSPS) is 14.7. The Morgan fingerprint density at radius 2 is 1.59 bits per heavy atom. The third-order valence-corrected chi connectivity index (χ3v) is 7.29. The van der Waals surface area contributed by atoms with Gasteiger partial charge in [0.15, 0.2) is 11.5 Å². The van der Waals surface area contributed by atoms with Crippen LogP contribution in [0.4, 0.5) is 0 Å². The van der Waals surface area contributed by atoms with E-state index in [2.05, 4.69) is 0 Å². The van der Waals surface area contributed by atoms with Crippen LogP contribution in [-0.4, -0.2) is 38.2 Å². The smallest absolute Gasteiger partial charge is 0.339 e. The number of para-hydroxylation sites is 1. The number of ether oxygens (including phenoxy) is 3. The monoisotopic (exact) mass is 521 g/mol. The summed E-state index contributed by atoms with van der Waals surface area (Å²) in [6.07, 6.45) is 0.653. The first-order valence-electron chi connectivity index (χ1n) is 12.8.